The van der Waals surface area contributed by atoms with Gasteiger partial charge in [0.2, 0.25) is 0 Å². The highest BCUT2D eigenvalue weighted by molar-refractivity contribution is 7.20. The summed E-state index contributed by atoms with van der Waals surface area (Å²) in [4.78, 5) is 11.8. The van der Waals surface area contributed by atoms with Crippen molar-refractivity contribution in [1.29, 1.82) is 0 Å². The van der Waals surface area contributed by atoms with Crippen molar-refractivity contribution in [1.82, 2.24) is 15.6 Å². The van der Waals surface area contributed by atoms with E-state index >= 15 is 0 Å². The van der Waals surface area contributed by atoms with Gasteiger partial charge in [0.25, 0.3) is 0 Å². The molecule has 0 saturated carbocycles. The average Bonchev–Trinajstić information content (AvgIpc) is 3.87. The number of para-hydroxylation sites is 1. The van der Waals surface area contributed by atoms with Crippen LogP contribution in [-0.4, -0.2) is 10.8 Å². The molecule has 276 valence electrons. The Morgan fingerprint density at radius 2 is 1.38 bits per heavy atom. The number of aromatic nitrogens is 1. The minimum atomic E-state index is -0.199. The molecule has 5 nitrogen and oxygen atoms in total. The second-order valence-corrected chi connectivity index (χ2v) is 16.3. The molecule has 2 aliphatic rings. The Bertz CT molecular complexity index is 3290. The normalized spacial score (nSPS) is 16.6. The van der Waals surface area contributed by atoms with Crippen LogP contribution >= 0.6 is 11.3 Å². The standard InChI is InChI=1S/C52H36N4OS/c1-3-12-32(13-4-1)49-39-28-29-42-48(47(39)36-16-7-9-19-41(36)53-49)37-27-26-35(30-43(37)57-42)31-22-24-34(25-23-31)51-54-50(33-14-5-2-6-15-33)55-52(56-51)40-18-11-21-45-46(40)38-17-8-10-20-44(38)58-45/h1-7,9-16,18-30,50,52,55H,8,17H2,(H,54,56). The number of pyridine rings is 1. The number of furan rings is 1. The Morgan fingerprint density at radius 3 is 2.26 bits per heavy atom. The van der Waals surface area contributed by atoms with E-state index in [1.54, 1.807) is 0 Å². The van der Waals surface area contributed by atoms with Gasteiger partial charge in [-0.2, -0.15) is 0 Å². The second-order valence-electron chi connectivity index (χ2n) is 15.2. The van der Waals surface area contributed by atoms with Crippen LogP contribution in [0.4, 0.5) is 0 Å². The summed E-state index contributed by atoms with van der Waals surface area (Å²) in [5, 5.41) is 14.7. The maximum atomic E-state index is 6.64. The summed E-state index contributed by atoms with van der Waals surface area (Å²) >= 11 is 1.89. The lowest BCUT2D eigenvalue weighted by Gasteiger charge is -2.33. The zero-order valence-electron chi connectivity index (χ0n) is 31.4. The highest BCUT2D eigenvalue weighted by Gasteiger charge is 2.28. The molecule has 58 heavy (non-hydrogen) atoms. The van der Waals surface area contributed by atoms with Crippen molar-refractivity contribution in [2.75, 3.05) is 0 Å². The lowest BCUT2D eigenvalue weighted by atomic mass is 9.95. The van der Waals surface area contributed by atoms with E-state index in [-0.39, 0.29) is 12.3 Å². The van der Waals surface area contributed by atoms with Crippen LogP contribution in [0.2, 0.25) is 0 Å². The fourth-order valence-electron chi connectivity index (χ4n) is 9.10. The summed E-state index contributed by atoms with van der Waals surface area (Å²) in [5.74, 6) is 0.876. The van der Waals surface area contributed by atoms with Gasteiger partial charge >= 0.3 is 0 Å². The van der Waals surface area contributed by atoms with Crippen LogP contribution in [0.3, 0.4) is 0 Å². The molecule has 0 saturated heterocycles. The lowest BCUT2D eigenvalue weighted by molar-refractivity contribution is 0.411. The van der Waals surface area contributed by atoms with Gasteiger partial charge < -0.3 is 9.73 Å². The SMILES string of the molecule is C1=Cc2sc3cccc(C4NC(c5ccc(-c6ccc7c(c6)oc6ccc8c(-c9ccccc9)nc9ccccc9c8c67)cc5)=NC(c5ccccc5)N4)c3c2CC1. The summed E-state index contributed by atoms with van der Waals surface area (Å²) in [6, 6.07) is 55.8. The number of fused-ring (bicyclic) bond motifs is 10. The van der Waals surface area contributed by atoms with Crippen molar-refractivity contribution in [2.45, 2.75) is 25.2 Å². The number of nitrogens with zero attached hydrogens (tertiary/aromatic N) is 2. The molecule has 2 N–H and O–H groups in total. The molecule has 10 aromatic rings. The molecule has 12 rings (SSSR count). The number of allylic oxidation sites excluding steroid dienone is 1. The van der Waals surface area contributed by atoms with Crippen molar-refractivity contribution in [3.63, 3.8) is 0 Å². The first-order valence-corrected chi connectivity index (χ1v) is 20.8. The number of benzene rings is 7. The zero-order valence-corrected chi connectivity index (χ0v) is 32.3. The Kier molecular flexibility index (Phi) is 7.68. The molecule has 0 bridgehead atoms. The van der Waals surface area contributed by atoms with Crippen molar-refractivity contribution >= 4 is 76.9 Å². The van der Waals surface area contributed by atoms with E-state index in [1.165, 1.54) is 31.5 Å². The third-order valence-electron chi connectivity index (χ3n) is 11.8. The van der Waals surface area contributed by atoms with Gasteiger partial charge in [-0.15, -0.1) is 11.3 Å². The van der Waals surface area contributed by atoms with Crippen LogP contribution in [-0.2, 0) is 6.42 Å². The molecule has 1 aliphatic heterocycles. The molecule has 2 atom stereocenters. The molecule has 1 aliphatic carbocycles. The molecule has 2 unspecified atom stereocenters. The number of hydrogen-bond donors (Lipinski definition) is 2. The number of hydrogen-bond acceptors (Lipinski definition) is 6. The molecule has 0 fully saturated rings. The predicted molar refractivity (Wildman–Crippen MR) is 241 cm³/mol. The van der Waals surface area contributed by atoms with E-state index in [4.69, 9.17) is 14.4 Å². The highest BCUT2D eigenvalue weighted by Crippen LogP contribution is 2.43. The largest absolute Gasteiger partial charge is 0.456 e. The Labute approximate surface area is 339 Å². The monoisotopic (exact) mass is 764 g/mol. The van der Waals surface area contributed by atoms with Crippen molar-refractivity contribution in [2.24, 2.45) is 4.99 Å². The van der Waals surface area contributed by atoms with Gasteiger partial charge in [-0.25, -0.2) is 9.98 Å². The smallest absolute Gasteiger partial charge is 0.136 e. The van der Waals surface area contributed by atoms with E-state index in [0.29, 0.717) is 0 Å². The van der Waals surface area contributed by atoms with Crippen LogP contribution in [0.5, 0.6) is 0 Å². The van der Waals surface area contributed by atoms with Crippen LogP contribution < -0.4 is 10.6 Å². The minimum Gasteiger partial charge on any atom is -0.456 e. The molecule has 4 heterocycles. The molecule has 7 aromatic carbocycles. The van der Waals surface area contributed by atoms with E-state index in [0.717, 1.165) is 90.4 Å². The van der Waals surface area contributed by atoms with E-state index in [2.05, 4.69) is 174 Å². The number of rotatable bonds is 5. The predicted octanol–water partition coefficient (Wildman–Crippen LogP) is 13.1. The summed E-state index contributed by atoms with van der Waals surface area (Å²) < 4.78 is 7.98. The quantitative estimate of drug-likeness (QED) is 0.171. The van der Waals surface area contributed by atoms with Gasteiger partial charge in [0, 0.05) is 53.0 Å². The van der Waals surface area contributed by atoms with Gasteiger partial charge in [0.15, 0.2) is 0 Å². The molecule has 0 amide bonds. The van der Waals surface area contributed by atoms with E-state index < -0.39 is 0 Å². The van der Waals surface area contributed by atoms with E-state index in [1.807, 2.05) is 17.4 Å². The third kappa shape index (κ3) is 5.41. The molecular formula is C52H36N4OS. The van der Waals surface area contributed by atoms with Gasteiger partial charge in [0.05, 0.1) is 11.2 Å². The van der Waals surface area contributed by atoms with Crippen molar-refractivity contribution < 1.29 is 4.42 Å². The molecular weight excluding hydrogens is 729 g/mol. The first kappa shape index (κ1) is 33.3. The number of aliphatic imine (C=N–C) groups is 1. The second kappa shape index (κ2) is 13.4. The zero-order chi connectivity index (χ0) is 38.2. The van der Waals surface area contributed by atoms with Gasteiger partial charge in [0.1, 0.15) is 29.3 Å². The number of thiophene rings is 1. The first-order chi connectivity index (χ1) is 28.7. The third-order valence-corrected chi connectivity index (χ3v) is 13.0. The van der Waals surface area contributed by atoms with Crippen molar-refractivity contribution in [3.8, 4) is 22.4 Å². The van der Waals surface area contributed by atoms with Crippen molar-refractivity contribution in [3.05, 3.63) is 191 Å². The van der Waals surface area contributed by atoms with Gasteiger partial charge in [-0.05, 0) is 83.1 Å². The molecule has 0 radical (unpaired) electrons. The molecule has 3 aromatic heterocycles. The average molecular weight is 765 g/mol. The first-order valence-electron chi connectivity index (χ1n) is 19.9. The minimum absolute atomic E-state index is 0.117. The summed E-state index contributed by atoms with van der Waals surface area (Å²) in [6.45, 7) is 0. The van der Waals surface area contributed by atoms with Gasteiger partial charge in [-0.3, -0.25) is 5.32 Å². The summed E-state index contributed by atoms with van der Waals surface area (Å²) in [5.41, 5.74) is 11.9. The summed E-state index contributed by atoms with van der Waals surface area (Å²) in [6.07, 6.45) is 6.43. The number of aryl methyl sites for hydroxylation is 1. The highest BCUT2D eigenvalue weighted by atomic mass is 32.1. The van der Waals surface area contributed by atoms with Gasteiger partial charge in [-0.1, -0.05) is 127 Å². The van der Waals surface area contributed by atoms with Crippen LogP contribution in [0.15, 0.2) is 173 Å². The molecule has 6 heteroatoms. The maximum Gasteiger partial charge on any atom is 0.136 e. The van der Waals surface area contributed by atoms with Crippen LogP contribution in [0, 0.1) is 0 Å². The molecule has 0 spiro atoms. The van der Waals surface area contributed by atoms with Crippen LogP contribution in [0.1, 0.15) is 45.9 Å². The number of amidine groups is 1. The Morgan fingerprint density at radius 1 is 0.603 bits per heavy atom. The Balaban J connectivity index is 0.927. The number of nitrogens with one attached hydrogen (secondary N) is 2. The fraction of sp³-hybridized carbons (Fsp3) is 0.0769. The lowest BCUT2D eigenvalue weighted by Crippen LogP contribution is -2.45. The topological polar surface area (TPSA) is 62.5 Å². The van der Waals surface area contributed by atoms with E-state index in [9.17, 15) is 0 Å². The summed E-state index contributed by atoms with van der Waals surface area (Å²) in [7, 11) is 0. The maximum absolute atomic E-state index is 6.64. The Hall–Kier alpha value is -6.86. The fourth-order valence-corrected chi connectivity index (χ4v) is 10.3. The van der Waals surface area contributed by atoms with Crippen LogP contribution in [0.25, 0.3) is 82.2 Å².